The van der Waals surface area contributed by atoms with E-state index in [0.29, 0.717) is 170 Å². The molecular weight excluding hydrogens is 764 g/mol. The zero-order valence-electron chi connectivity index (χ0n) is 34.4. The summed E-state index contributed by atoms with van der Waals surface area (Å²) in [5.41, 5.74) is 11.2. The van der Waals surface area contributed by atoms with Crippen LogP contribution in [-0.2, 0) is 52.1 Å². The van der Waals surface area contributed by atoms with Gasteiger partial charge in [-0.1, -0.05) is 60.7 Å². The van der Waals surface area contributed by atoms with E-state index < -0.39 is 6.09 Å². The summed E-state index contributed by atoms with van der Waals surface area (Å²) in [6.45, 7) is 11.0. The molecule has 15 nitrogen and oxygen atoms in total. The van der Waals surface area contributed by atoms with E-state index in [4.69, 9.17) is 62.6 Å². The van der Waals surface area contributed by atoms with Crippen LogP contribution in [0.25, 0.3) is 11.1 Å². The van der Waals surface area contributed by atoms with Crippen LogP contribution < -0.4 is 15.8 Å². The normalized spacial score (nSPS) is 12.1. The molecule has 328 valence electrons. The van der Waals surface area contributed by atoms with Crippen molar-refractivity contribution in [3.63, 3.8) is 0 Å². The summed E-state index contributed by atoms with van der Waals surface area (Å²) in [6, 6.07) is 23.9. The van der Waals surface area contributed by atoms with E-state index in [1.54, 1.807) is 6.07 Å². The molecule has 1 amide bonds. The average Bonchev–Trinajstić information content (AvgIpc) is 3.58. The fourth-order valence-electron chi connectivity index (χ4n) is 5.92. The first-order valence-electron chi connectivity index (χ1n) is 20.6. The van der Waals surface area contributed by atoms with Crippen molar-refractivity contribution in [3.8, 4) is 16.9 Å². The van der Waals surface area contributed by atoms with E-state index in [1.165, 1.54) is 22.3 Å². The van der Waals surface area contributed by atoms with Gasteiger partial charge in [-0.05, 0) is 40.8 Å². The Morgan fingerprint density at radius 1 is 0.458 bits per heavy atom. The number of nitrogens with one attached hydrogen (secondary N) is 1. The molecule has 0 fully saturated rings. The average molecular weight is 829 g/mol. The van der Waals surface area contributed by atoms with E-state index in [0.717, 1.165) is 0 Å². The standard InChI is InChI=1S/C44H64N2O13/c45-42-12-5-6-13-43(42)58-35-34-57-33-32-56-31-30-55-29-28-54-27-26-53-25-24-52-23-22-51-21-20-50-19-18-49-17-16-48-15-7-14-46-44(47)59-36-41-39-10-3-1-8-37(39)38-9-2-4-11-40(38)41/h1-6,8-13,41H,7,14-36,45H2,(H,46,47). The molecule has 3 N–H and O–H groups in total. The summed E-state index contributed by atoms with van der Waals surface area (Å²) < 4.78 is 66.3. The number of ether oxygens (including phenoxy) is 12. The van der Waals surface area contributed by atoms with E-state index in [9.17, 15) is 4.79 Å². The number of alkyl carbamates (subject to hydrolysis) is 1. The first kappa shape index (κ1) is 47.8. The van der Waals surface area contributed by atoms with Crippen LogP contribution in [0.2, 0.25) is 0 Å². The zero-order valence-corrected chi connectivity index (χ0v) is 34.4. The molecule has 0 saturated heterocycles. The molecular formula is C44H64N2O13. The molecule has 0 unspecified atom stereocenters. The lowest BCUT2D eigenvalue weighted by molar-refractivity contribution is -0.0267. The van der Waals surface area contributed by atoms with Gasteiger partial charge in [-0.15, -0.1) is 0 Å². The van der Waals surface area contributed by atoms with Gasteiger partial charge in [0.2, 0.25) is 0 Å². The van der Waals surface area contributed by atoms with Crippen molar-refractivity contribution in [1.29, 1.82) is 0 Å². The second-order valence-electron chi connectivity index (χ2n) is 13.1. The molecule has 4 rings (SSSR count). The van der Waals surface area contributed by atoms with Gasteiger partial charge in [-0.3, -0.25) is 0 Å². The largest absolute Gasteiger partial charge is 0.489 e. The highest BCUT2D eigenvalue weighted by molar-refractivity contribution is 5.79. The Kier molecular flexibility index (Phi) is 25.9. The predicted molar refractivity (Wildman–Crippen MR) is 222 cm³/mol. The molecule has 1 aliphatic carbocycles. The van der Waals surface area contributed by atoms with Gasteiger partial charge < -0.3 is 67.9 Å². The molecule has 59 heavy (non-hydrogen) atoms. The number of benzene rings is 3. The number of amides is 1. The molecule has 0 aromatic heterocycles. The quantitative estimate of drug-likeness (QED) is 0.0605. The summed E-state index contributed by atoms with van der Waals surface area (Å²) >= 11 is 0. The maximum atomic E-state index is 12.3. The highest BCUT2D eigenvalue weighted by Gasteiger charge is 2.29. The third-order valence-electron chi connectivity index (χ3n) is 8.83. The van der Waals surface area contributed by atoms with Crippen LogP contribution in [0.15, 0.2) is 72.8 Å². The van der Waals surface area contributed by atoms with Gasteiger partial charge in [-0.25, -0.2) is 4.79 Å². The number of anilines is 1. The fraction of sp³-hybridized carbons (Fsp3) is 0.568. The van der Waals surface area contributed by atoms with Crippen molar-refractivity contribution in [2.45, 2.75) is 12.3 Å². The Hall–Kier alpha value is -3.87. The van der Waals surface area contributed by atoms with Gasteiger partial charge in [-0.2, -0.15) is 0 Å². The van der Waals surface area contributed by atoms with Gasteiger partial charge in [0, 0.05) is 19.1 Å². The number of para-hydroxylation sites is 2. The molecule has 0 heterocycles. The van der Waals surface area contributed by atoms with Crippen molar-refractivity contribution < 1.29 is 61.6 Å². The van der Waals surface area contributed by atoms with Crippen LogP contribution in [0, 0.1) is 0 Å². The fourth-order valence-corrected chi connectivity index (χ4v) is 5.92. The van der Waals surface area contributed by atoms with Crippen LogP contribution in [-0.4, -0.2) is 158 Å². The van der Waals surface area contributed by atoms with Crippen LogP contribution in [0.1, 0.15) is 23.5 Å². The minimum Gasteiger partial charge on any atom is -0.489 e. The van der Waals surface area contributed by atoms with Crippen molar-refractivity contribution >= 4 is 11.8 Å². The van der Waals surface area contributed by atoms with E-state index in [2.05, 4.69) is 29.6 Å². The minimum atomic E-state index is -0.417. The minimum absolute atomic E-state index is 0.0471. The van der Waals surface area contributed by atoms with Crippen LogP contribution in [0.3, 0.4) is 0 Å². The van der Waals surface area contributed by atoms with Crippen molar-refractivity contribution in [3.05, 3.63) is 83.9 Å². The molecule has 1 aliphatic rings. The topological polar surface area (TPSA) is 166 Å². The lowest BCUT2D eigenvalue weighted by Crippen LogP contribution is -2.27. The molecule has 0 aliphatic heterocycles. The second kappa shape index (κ2) is 32.0. The number of nitrogen functional groups attached to an aromatic ring is 1. The Labute approximate surface area is 348 Å². The number of carbonyl (C=O) groups excluding carboxylic acids is 1. The number of hydrogen-bond acceptors (Lipinski definition) is 14. The first-order valence-corrected chi connectivity index (χ1v) is 20.6. The first-order chi connectivity index (χ1) is 29.2. The Balaban J connectivity index is 0.773. The molecule has 0 saturated carbocycles. The highest BCUT2D eigenvalue weighted by Crippen LogP contribution is 2.44. The third kappa shape index (κ3) is 20.8. The Morgan fingerprint density at radius 3 is 1.24 bits per heavy atom. The molecule has 3 aromatic carbocycles. The molecule has 0 spiro atoms. The number of carbonyl (C=O) groups is 1. The Bertz CT molecular complexity index is 1470. The van der Waals surface area contributed by atoms with Crippen molar-refractivity contribution in [2.24, 2.45) is 0 Å². The van der Waals surface area contributed by atoms with Crippen LogP contribution in [0.5, 0.6) is 5.75 Å². The monoisotopic (exact) mass is 828 g/mol. The van der Waals surface area contributed by atoms with Crippen molar-refractivity contribution in [1.82, 2.24) is 5.32 Å². The van der Waals surface area contributed by atoms with Gasteiger partial charge in [0.05, 0.1) is 131 Å². The molecule has 15 heteroatoms. The van der Waals surface area contributed by atoms with E-state index in [-0.39, 0.29) is 5.92 Å². The highest BCUT2D eigenvalue weighted by atomic mass is 16.6. The number of nitrogens with two attached hydrogens (primary N) is 1. The lowest BCUT2D eigenvalue weighted by atomic mass is 9.98. The van der Waals surface area contributed by atoms with Crippen LogP contribution >= 0.6 is 0 Å². The SMILES string of the molecule is Nc1ccccc1OCCOCCOCCOCCOCCOCCOCCOCCOCCOCCOCCCNC(=O)OCC1c2ccccc2-c2ccccc21. The van der Waals surface area contributed by atoms with Gasteiger partial charge in [0.1, 0.15) is 19.0 Å². The summed E-state index contributed by atoms with van der Waals surface area (Å²) in [5, 5.41) is 2.81. The number of fused-ring (bicyclic) bond motifs is 3. The van der Waals surface area contributed by atoms with Crippen LogP contribution in [0.4, 0.5) is 10.5 Å². The molecule has 3 aromatic rings. The zero-order chi connectivity index (χ0) is 41.3. The summed E-state index contributed by atoms with van der Waals surface area (Å²) in [4.78, 5) is 12.3. The smallest absolute Gasteiger partial charge is 0.407 e. The molecule has 0 bridgehead atoms. The van der Waals surface area contributed by atoms with E-state index >= 15 is 0 Å². The van der Waals surface area contributed by atoms with Crippen molar-refractivity contribution in [2.75, 3.05) is 158 Å². The summed E-state index contributed by atoms with van der Waals surface area (Å²) in [7, 11) is 0. The number of rotatable bonds is 37. The van der Waals surface area contributed by atoms with Gasteiger partial charge in [0.15, 0.2) is 0 Å². The van der Waals surface area contributed by atoms with Gasteiger partial charge >= 0.3 is 6.09 Å². The summed E-state index contributed by atoms with van der Waals surface area (Å²) in [5.74, 6) is 0.711. The molecule has 0 atom stereocenters. The Morgan fingerprint density at radius 2 is 0.814 bits per heavy atom. The summed E-state index contributed by atoms with van der Waals surface area (Å²) in [6.07, 6.45) is 0.265. The maximum Gasteiger partial charge on any atom is 0.407 e. The maximum absolute atomic E-state index is 12.3. The third-order valence-corrected chi connectivity index (χ3v) is 8.83. The molecule has 0 radical (unpaired) electrons. The predicted octanol–water partition coefficient (Wildman–Crippen LogP) is 4.74. The van der Waals surface area contributed by atoms with Gasteiger partial charge in [0.25, 0.3) is 0 Å². The second-order valence-corrected chi connectivity index (χ2v) is 13.1. The lowest BCUT2D eigenvalue weighted by Gasteiger charge is -2.14. The van der Waals surface area contributed by atoms with E-state index in [1.807, 2.05) is 42.5 Å². The number of hydrogen-bond donors (Lipinski definition) is 2.